The van der Waals surface area contributed by atoms with Crippen LogP contribution in [0.1, 0.15) is 0 Å². The van der Waals surface area contributed by atoms with Crippen molar-refractivity contribution in [2.24, 2.45) is 0 Å². The minimum atomic E-state index is 0.849. The molecule has 2 nitrogen and oxygen atoms in total. The van der Waals surface area contributed by atoms with Crippen molar-refractivity contribution in [2.75, 3.05) is 0 Å². The van der Waals surface area contributed by atoms with Gasteiger partial charge in [0, 0.05) is 11.6 Å². The maximum atomic E-state index is 4.71. The molecular weight excluding hydrogens is 138 g/mol. The third-order valence-corrected chi connectivity index (χ3v) is 1.44. The third-order valence-electron chi connectivity index (χ3n) is 1.44. The van der Waals surface area contributed by atoms with Crippen molar-refractivity contribution in [3.8, 4) is 11.3 Å². The molecule has 1 radical (unpaired) electrons. The predicted octanol–water partition coefficient (Wildman–Crippen LogP) is 2.14. The van der Waals surface area contributed by atoms with Gasteiger partial charge in [0.2, 0.25) is 0 Å². The molecule has 0 N–H and O–H groups in total. The fourth-order valence-electron chi connectivity index (χ4n) is 0.914. The highest BCUT2D eigenvalue weighted by atomic mass is 16.5. The van der Waals surface area contributed by atoms with Crippen molar-refractivity contribution in [1.29, 1.82) is 0 Å². The van der Waals surface area contributed by atoms with Gasteiger partial charge in [-0.15, -0.1) is 0 Å². The summed E-state index contributed by atoms with van der Waals surface area (Å²) in [6.45, 7) is 0. The quantitative estimate of drug-likeness (QED) is 0.612. The Labute approximate surface area is 64.5 Å². The zero-order valence-electron chi connectivity index (χ0n) is 5.82. The Balaban J connectivity index is 2.46. The standard InChI is InChI=1S/C9H6NO/c1-2-4-8(5-3-1)9-6-7-11-10-9/h1-2,4-7H. The highest BCUT2D eigenvalue weighted by molar-refractivity contribution is 5.57. The van der Waals surface area contributed by atoms with Crippen molar-refractivity contribution in [1.82, 2.24) is 5.16 Å². The van der Waals surface area contributed by atoms with E-state index < -0.39 is 0 Å². The number of rotatable bonds is 1. The minimum absolute atomic E-state index is 0.849. The van der Waals surface area contributed by atoms with Gasteiger partial charge in [0.25, 0.3) is 0 Å². The van der Waals surface area contributed by atoms with Crippen molar-refractivity contribution >= 4 is 0 Å². The van der Waals surface area contributed by atoms with Gasteiger partial charge < -0.3 is 4.52 Å². The zero-order chi connectivity index (χ0) is 7.52. The average molecular weight is 144 g/mol. The summed E-state index contributed by atoms with van der Waals surface area (Å²) in [6.07, 6.45) is 1.56. The summed E-state index contributed by atoms with van der Waals surface area (Å²) in [4.78, 5) is 0. The molecule has 0 aliphatic heterocycles. The number of hydrogen-bond acceptors (Lipinski definition) is 2. The first-order valence-corrected chi connectivity index (χ1v) is 3.34. The van der Waals surface area contributed by atoms with Gasteiger partial charge in [0.15, 0.2) is 0 Å². The minimum Gasteiger partial charge on any atom is -0.364 e. The molecule has 0 fully saturated rings. The van der Waals surface area contributed by atoms with Crippen LogP contribution >= 0.6 is 0 Å². The topological polar surface area (TPSA) is 26.0 Å². The maximum absolute atomic E-state index is 4.71. The highest BCUT2D eigenvalue weighted by Crippen LogP contribution is 2.14. The number of aromatic nitrogens is 1. The van der Waals surface area contributed by atoms with E-state index in [2.05, 4.69) is 11.2 Å². The van der Waals surface area contributed by atoms with Gasteiger partial charge in [-0.1, -0.05) is 23.4 Å². The van der Waals surface area contributed by atoms with Crippen LogP contribution in [-0.2, 0) is 0 Å². The van der Waals surface area contributed by atoms with Crippen LogP contribution in [0.3, 0.4) is 0 Å². The van der Waals surface area contributed by atoms with Crippen LogP contribution in [-0.4, -0.2) is 5.16 Å². The summed E-state index contributed by atoms with van der Waals surface area (Å²) in [5.74, 6) is 0. The largest absolute Gasteiger partial charge is 0.364 e. The van der Waals surface area contributed by atoms with Crippen LogP contribution in [0.2, 0.25) is 0 Å². The van der Waals surface area contributed by atoms with Crippen LogP contribution in [0, 0.1) is 6.07 Å². The lowest BCUT2D eigenvalue weighted by atomic mass is 10.2. The van der Waals surface area contributed by atoms with Crippen LogP contribution in [0.25, 0.3) is 11.3 Å². The molecule has 0 bridgehead atoms. The molecule has 2 aromatic rings. The first kappa shape index (κ1) is 6.16. The molecule has 0 saturated heterocycles. The normalized spacial score (nSPS) is 9.82. The second-order valence-corrected chi connectivity index (χ2v) is 2.18. The fourth-order valence-corrected chi connectivity index (χ4v) is 0.914. The zero-order valence-corrected chi connectivity index (χ0v) is 5.82. The SMILES string of the molecule is [c]1cccc(-c2ccon2)c1. The van der Waals surface area contributed by atoms with Crippen molar-refractivity contribution < 1.29 is 4.52 Å². The smallest absolute Gasteiger partial charge is 0.124 e. The summed E-state index contributed by atoms with van der Waals surface area (Å²) in [5, 5.41) is 3.79. The average Bonchev–Trinajstić information content (AvgIpc) is 2.58. The predicted molar refractivity (Wildman–Crippen MR) is 40.8 cm³/mol. The van der Waals surface area contributed by atoms with Gasteiger partial charge >= 0.3 is 0 Å². The van der Waals surface area contributed by atoms with E-state index in [0.717, 1.165) is 11.3 Å². The maximum Gasteiger partial charge on any atom is 0.124 e. The van der Waals surface area contributed by atoms with Crippen LogP contribution < -0.4 is 0 Å². The van der Waals surface area contributed by atoms with Crippen molar-refractivity contribution in [2.45, 2.75) is 0 Å². The van der Waals surface area contributed by atoms with Crippen LogP contribution in [0.5, 0.6) is 0 Å². The molecule has 1 aromatic heterocycles. The first-order chi connectivity index (χ1) is 5.47. The Morgan fingerprint density at radius 2 is 2.36 bits per heavy atom. The first-order valence-electron chi connectivity index (χ1n) is 3.34. The van der Waals surface area contributed by atoms with Crippen molar-refractivity contribution in [3.05, 3.63) is 42.7 Å². The summed E-state index contributed by atoms with van der Waals surface area (Å²) < 4.78 is 4.71. The molecule has 2 rings (SSSR count). The molecule has 0 atom stereocenters. The van der Waals surface area contributed by atoms with Gasteiger partial charge in [-0.2, -0.15) is 0 Å². The summed E-state index contributed by atoms with van der Waals surface area (Å²) >= 11 is 0. The molecule has 0 spiro atoms. The lowest BCUT2D eigenvalue weighted by Gasteiger charge is -1.90. The Bertz CT molecular complexity index is 313. The number of benzene rings is 1. The lowest BCUT2D eigenvalue weighted by molar-refractivity contribution is 0.422. The van der Waals surface area contributed by atoms with Gasteiger partial charge in [-0.05, 0) is 12.1 Å². The molecule has 0 unspecified atom stereocenters. The molecule has 1 heterocycles. The van der Waals surface area contributed by atoms with Gasteiger partial charge in [-0.25, -0.2) is 0 Å². The molecule has 11 heavy (non-hydrogen) atoms. The van der Waals surface area contributed by atoms with E-state index in [4.69, 9.17) is 4.52 Å². The summed E-state index contributed by atoms with van der Waals surface area (Å²) in [5.41, 5.74) is 1.88. The Morgan fingerprint density at radius 1 is 1.36 bits per heavy atom. The van der Waals surface area contributed by atoms with E-state index in [0.29, 0.717) is 0 Å². The molecule has 53 valence electrons. The van der Waals surface area contributed by atoms with Gasteiger partial charge in [0.05, 0.1) is 0 Å². The Hall–Kier alpha value is -1.57. The number of nitrogens with zero attached hydrogens (tertiary/aromatic N) is 1. The molecule has 0 aliphatic carbocycles. The lowest BCUT2D eigenvalue weighted by Crippen LogP contribution is -1.73. The molecule has 1 aromatic carbocycles. The van der Waals surface area contributed by atoms with E-state index in [1.807, 2.05) is 30.3 Å². The monoisotopic (exact) mass is 144 g/mol. The van der Waals surface area contributed by atoms with Crippen molar-refractivity contribution in [3.63, 3.8) is 0 Å². The molecule has 0 aliphatic rings. The second kappa shape index (κ2) is 2.58. The van der Waals surface area contributed by atoms with E-state index in [-0.39, 0.29) is 0 Å². The van der Waals surface area contributed by atoms with E-state index in [9.17, 15) is 0 Å². The summed E-state index contributed by atoms with van der Waals surface area (Å²) in [7, 11) is 0. The highest BCUT2D eigenvalue weighted by Gasteiger charge is 1.97. The van der Waals surface area contributed by atoms with Gasteiger partial charge in [-0.3, -0.25) is 0 Å². The molecular formula is C9H6NO. The van der Waals surface area contributed by atoms with E-state index in [1.54, 1.807) is 6.26 Å². The van der Waals surface area contributed by atoms with Crippen LogP contribution in [0.4, 0.5) is 0 Å². The second-order valence-electron chi connectivity index (χ2n) is 2.18. The molecule has 0 amide bonds. The van der Waals surface area contributed by atoms with Crippen LogP contribution in [0.15, 0.2) is 41.1 Å². The third kappa shape index (κ3) is 1.15. The summed E-state index contributed by atoms with van der Waals surface area (Å²) in [6, 6.07) is 12.4. The molecule has 0 saturated carbocycles. The molecule has 2 heteroatoms. The van der Waals surface area contributed by atoms with E-state index in [1.165, 1.54) is 0 Å². The fraction of sp³-hybridized carbons (Fsp3) is 0. The number of hydrogen-bond donors (Lipinski definition) is 0. The van der Waals surface area contributed by atoms with Gasteiger partial charge in [0.1, 0.15) is 12.0 Å². The Kier molecular flexibility index (Phi) is 1.44. The Morgan fingerprint density at radius 3 is 3.00 bits per heavy atom. The van der Waals surface area contributed by atoms with E-state index >= 15 is 0 Å².